The Hall–Kier alpha value is -1.80. The van der Waals surface area contributed by atoms with Gasteiger partial charge in [-0.05, 0) is 68.8 Å². The SMILES string of the molecule is COC(=O)c1ccc(NC(=S)NC(CCSC)C(=O)OC(C)C)cc1. The molecular weight excluding hydrogens is 360 g/mol. The molecule has 0 amide bonds. The Morgan fingerprint density at radius 2 is 1.88 bits per heavy atom. The summed E-state index contributed by atoms with van der Waals surface area (Å²) in [6.45, 7) is 3.62. The average molecular weight is 385 g/mol. The smallest absolute Gasteiger partial charge is 0.337 e. The largest absolute Gasteiger partial charge is 0.465 e. The number of methoxy groups -OCH3 is 1. The summed E-state index contributed by atoms with van der Waals surface area (Å²) in [5.74, 6) is 0.0800. The van der Waals surface area contributed by atoms with Crippen LogP contribution in [0, 0.1) is 0 Å². The summed E-state index contributed by atoms with van der Waals surface area (Å²) in [5, 5.41) is 6.31. The van der Waals surface area contributed by atoms with Crippen molar-refractivity contribution in [3.63, 3.8) is 0 Å². The Labute approximate surface area is 158 Å². The summed E-state index contributed by atoms with van der Waals surface area (Å²) in [5.41, 5.74) is 1.15. The summed E-state index contributed by atoms with van der Waals surface area (Å²) in [4.78, 5) is 23.6. The van der Waals surface area contributed by atoms with Gasteiger partial charge in [-0.2, -0.15) is 11.8 Å². The number of hydrogen-bond donors (Lipinski definition) is 2. The molecule has 0 aliphatic rings. The Kier molecular flexibility index (Phi) is 9.30. The van der Waals surface area contributed by atoms with E-state index in [1.54, 1.807) is 36.0 Å². The predicted octanol–water partition coefficient (Wildman–Crippen LogP) is 2.83. The third kappa shape index (κ3) is 7.74. The van der Waals surface area contributed by atoms with Crippen LogP contribution in [0.2, 0.25) is 0 Å². The predicted molar refractivity (Wildman–Crippen MR) is 105 cm³/mol. The van der Waals surface area contributed by atoms with Gasteiger partial charge < -0.3 is 20.1 Å². The molecule has 0 bridgehead atoms. The number of carbonyl (C=O) groups excluding carboxylic acids is 2. The van der Waals surface area contributed by atoms with Crippen LogP contribution in [0.25, 0.3) is 0 Å². The number of anilines is 1. The summed E-state index contributed by atoms with van der Waals surface area (Å²) in [6.07, 6.45) is 2.40. The van der Waals surface area contributed by atoms with Gasteiger partial charge in [0.25, 0.3) is 0 Å². The van der Waals surface area contributed by atoms with Crippen molar-refractivity contribution in [2.75, 3.05) is 24.4 Å². The third-order valence-corrected chi connectivity index (χ3v) is 3.98. The first kappa shape index (κ1) is 21.2. The Morgan fingerprint density at radius 3 is 2.40 bits per heavy atom. The average Bonchev–Trinajstić information content (AvgIpc) is 2.57. The molecule has 0 heterocycles. The first-order valence-corrected chi connectivity index (χ1v) is 9.63. The summed E-state index contributed by atoms with van der Waals surface area (Å²) in [7, 11) is 1.33. The number of hydrogen-bond acceptors (Lipinski definition) is 6. The van der Waals surface area contributed by atoms with E-state index in [-0.39, 0.29) is 12.1 Å². The van der Waals surface area contributed by atoms with Gasteiger partial charge in [-0.1, -0.05) is 0 Å². The van der Waals surface area contributed by atoms with Crippen molar-refractivity contribution in [3.8, 4) is 0 Å². The molecule has 0 radical (unpaired) electrons. The minimum absolute atomic E-state index is 0.182. The lowest BCUT2D eigenvalue weighted by Gasteiger charge is -2.20. The highest BCUT2D eigenvalue weighted by Crippen LogP contribution is 2.11. The molecule has 0 saturated heterocycles. The molecule has 0 fully saturated rings. The maximum absolute atomic E-state index is 12.2. The summed E-state index contributed by atoms with van der Waals surface area (Å²) in [6, 6.07) is 6.18. The number of ether oxygens (including phenoxy) is 2. The number of benzene rings is 1. The molecule has 1 aromatic carbocycles. The standard InChI is InChI=1S/C17H24N2O4S2/c1-11(2)23-16(21)14(9-10-25-4)19-17(24)18-13-7-5-12(6-8-13)15(20)22-3/h5-8,11,14H,9-10H2,1-4H3,(H2,18,19,24). The van der Waals surface area contributed by atoms with Crippen molar-refractivity contribution < 1.29 is 19.1 Å². The lowest BCUT2D eigenvalue weighted by molar-refractivity contribution is -0.149. The molecule has 1 rings (SSSR count). The van der Waals surface area contributed by atoms with Crippen LogP contribution in [0.15, 0.2) is 24.3 Å². The summed E-state index contributed by atoms with van der Waals surface area (Å²) < 4.78 is 9.92. The second-order valence-electron chi connectivity index (χ2n) is 5.49. The molecule has 138 valence electrons. The van der Waals surface area contributed by atoms with Gasteiger partial charge in [0, 0.05) is 5.69 Å². The highest BCUT2D eigenvalue weighted by Gasteiger charge is 2.21. The molecule has 0 spiro atoms. The van der Waals surface area contributed by atoms with Crippen LogP contribution in [0.4, 0.5) is 5.69 Å². The summed E-state index contributed by atoms with van der Waals surface area (Å²) >= 11 is 6.92. The van der Waals surface area contributed by atoms with Crippen molar-refractivity contribution in [2.45, 2.75) is 32.4 Å². The van der Waals surface area contributed by atoms with Crippen molar-refractivity contribution in [2.24, 2.45) is 0 Å². The molecule has 8 heteroatoms. The zero-order chi connectivity index (χ0) is 18.8. The second kappa shape index (κ2) is 10.9. The molecule has 1 aromatic rings. The van der Waals surface area contributed by atoms with E-state index < -0.39 is 12.0 Å². The van der Waals surface area contributed by atoms with Crippen LogP contribution in [0.1, 0.15) is 30.6 Å². The molecule has 0 aromatic heterocycles. The Bertz CT molecular complexity index is 591. The number of thioether (sulfide) groups is 1. The van der Waals surface area contributed by atoms with Crippen molar-refractivity contribution in [3.05, 3.63) is 29.8 Å². The van der Waals surface area contributed by atoms with Gasteiger partial charge >= 0.3 is 11.9 Å². The molecular formula is C17H24N2O4S2. The van der Waals surface area contributed by atoms with Crippen LogP contribution < -0.4 is 10.6 Å². The number of carbonyl (C=O) groups is 2. The van der Waals surface area contributed by atoms with Gasteiger partial charge in [0.05, 0.1) is 18.8 Å². The van der Waals surface area contributed by atoms with E-state index in [0.29, 0.717) is 22.8 Å². The van der Waals surface area contributed by atoms with Crippen LogP contribution >= 0.6 is 24.0 Å². The van der Waals surface area contributed by atoms with E-state index in [1.807, 2.05) is 20.1 Å². The first-order valence-electron chi connectivity index (χ1n) is 7.82. The van der Waals surface area contributed by atoms with E-state index >= 15 is 0 Å². The molecule has 1 unspecified atom stereocenters. The molecule has 25 heavy (non-hydrogen) atoms. The fourth-order valence-electron chi connectivity index (χ4n) is 1.93. The van der Waals surface area contributed by atoms with E-state index in [1.165, 1.54) is 7.11 Å². The molecule has 6 nitrogen and oxygen atoms in total. The fourth-order valence-corrected chi connectivity index (χ4v) is 2.66. The van der Waals surface area contributed by atoms with Gasteiger partial charge in [-0.3, -0.25) is 0 Å². The van der Waals surface area contributed by atoms with Crippen LogP contribution in [-0.4, -0.2) is 48.3 Å². The maximum Gasteiger partial charge on any atom is 0.337 e. The van der Waals surface area contributed by atoms with E-state index in [0.717, 1.165) is 5.75 Å². The van der Waals surface area contributed by atoms with Gasteiger partial charge in [0.2, 0.25) is 0 Å². The molecule has 0 aliphatic carbocycles. The zero-order valence-corrected chi connectivity index (χ0v) is 16.5. The number of rotatable bonds is 8. The van der Waals surface area contributed by atoms with E-state index in [9.17, 15) is 9.59 Å². The van der Waals surface area contributed by atoms with Gasteiger partial charge in [0.1, 0.15) is 6.04 Å². The molecule has 0 aliphatic heterocycles. The maximum atomic E-state index is 12.2. The zero-order valence-electron chi connectivity index (χ0n) is 14.8. The van der Waals surface area contributed by atoms with Crippen molar-refractivity contribution in [1.82, 2.24) is 5.32 Å². The van der Waals surface area contributed by atoms with Crippen LogP contribution in [0.3, 0.4) is 0 Å². The lowest BCUT2D eigenvalue weighted by atomic mass is 10.2. The minimum Gasteiger partial charge on any atom is -0.465 e. The topological polar surface area (TPSA) is 76.7 Å². The second-order valence-corrected chi connectivity index (χ2v) is 6.88. The van der Waals surface area contributed by atoms with Crippen molar-refractivity contribution >= 4 is 46.7 Å². The van der Waals surface area contributed by atoms with Gasteiger partial charge in [0.15, 0.2) is 5.11 Å². The number of esters is 2. The third-order valence-electron chi connectivity index (χ3n) is 3.12. The quantitative estimate of drug-likeness (QED) is 0.523. The monoisotopic (exact) mass is 384 g/mol. The van der Waals surface area contributed by atoms with Gasteiger partial charge in [-0.25, -0.2) is 9.59 Å². The normalized spacial score (nSPS) is 11.6. The molecule has 0 saturated carbocycles. The van der Waals surface area contributed by atoms with Crippen LogP contribution in [-0.2, 0) is 14.3 Å². The van der Waals surface area contributed by atoms with Crippen molar-refractivity contribution in [1.29, 1.82) is 0 Å². The molecule has 2 N–H and O–H groups in total. The fraction of sp³-hybridized carbons (Fsp3) is 0.471. The van der Waals surface area contributed by atoms with E-state index in [4.69, 9.17) is 17.0 Å². The Morgan fingerprint density at radius 1 is 1.24 bits per heavy atom. The first-order chi connectivity index (χ1) is 11.9. The highest BCUT2D eigenvalue weighted by molar-refractivity contribution is 7.98. The molecule has 1 atom stereocenters. The number of nitrogens with one attached hydrogen (secondary N) is 2. The number of thiocarbonyl (C=S) groups is 1. The van der Waals surface area contributed by atoms with Gasteiger partial charge in [-0.15, -0.1) is 0 Å². The highest BCUT2D eigenvalue weighted by atomic mass is 32.2. The lowest BCUT2D eigenvalue weighted by Crippen LogP contribution is -2.44. The van der Waals surface area contributed by atoms with Crippen LogP contribution in [0.5, 0.6) is 0 Å². The van der Waals surface area contributed by atoms with E-state index in [2.05, 4.69) is 15.4 Å². The minimum atomic E-state index is -0.510. The Balaban J connectivity index is 2.66.